The maximum absolute atomic E-state index is 12.3. The highest BCUT2D eigenvalue weighted by atomic mass is 79.9. The Morgan fingerprint density at radius 1 is 1.10 bits per heavy atom. The lowest BCUT2D eigenvalue weighted by Crippen LogP contribution is -2.16. The van der Waals surface area contributed by atoms with Crippen LogP contribution < -0.4 is 5.32 Å². The third-order valence-corrected chi connectivity index (χ3v) is 5.01. The van der Waals surface area contributed by atoms with E-state index in [1.54, 1.807) is 30.3 Å². The molecule has 0 saturated heterocycles. The van der Waals surface area contributed by atoms with E-state index in [1.165, 1.54) is 12.1 Å². The van der Waals surface area contributed by atoms with Gasteiger partial charge >= 0.3 is 0 Å². The topological polar surface area (TPSA) is 63.2 Å². The summed E-state index contributed by atoms with van der Waals surface area (Å²) in [5.41, 5.74) is 0.682. The first kappa shape index (κ1) is 16.2. The van der Waals surface area contributed by atoms with E-state index in [0.717, 1.165) is 10.7 Å². The zero-order valence-corrected chi connectivity index (χ0v) is 14.9. The van der Waals surface area contributed by atoms with Crippen LogP contribution in [0.3, 0.4) is 0 Å². The number of sulfone groups is 1. The Balaban J connectivity index is 2.38. The maximum atomic E-state index is 12.3. The van der Waals surface area contributed by atoms with Gasteiger partial charge in [-0.25, -0.2) is 8.42 Å². The van der Waals surface area contributed by atoms with Crippen molar-refractivity contribution in [3.63, 3.8) is 0 Å². The Kier molecular flexibility index (Phi) is 4.85. The van der Waals surface area contributed by atoms with E-state index in [-0.39, 0.29) is 10.5 Å². The van der Waals surface area contributed by atoms with E-state index in [2.05, 4.69) is 37.2 Å². The van der Waals surface area contributed by atoms with Gasteiger partial charge in [0.1, 0.15) is 0 Å². The largest absolute Gasteiger partial charge is 0.321 e. The van der Waals surface area contributed by atoms with Crippen molar-refractivity contribution < 1.29 is 13.2 Å². The number of carbonyl (C=O) groups is 1. The van der Waals surface area contributed by atoms with Crippen molar-refractivity contribution in [1.29, 1.82) is 0 Å². The van der Waals surface area contributed by atoms with E-state index in [9.17, 15) is 13.2 Å². The summed E-state index contributed by atoms with van der Waals surface area (Å²) in [6.45, 7) is 0. The number of benzene rings is 2. The van der Waals surface area contributed by atoms with E-state index in [1.807, 2.05) is 0 Å². The number of anilines is 1. The molecule has 0 aliphatic rings. The molecule has 1 amide bonds. The van der Waals surface area contributed by atoms with Crippen LogP contribution in [0.15, 0.2) is 56.3 Å². The molecule has 0 aromatic heterocycles. The third-order valence-electron chi connectivity index (χ3n) is 2.71. The SMILES string of the molecule is CS(=O)(=O)c1ccccc1C(=O)Nc1ccc(Br)cc1Br. The molecule has 0 saturated carbocycles. The van der Waals surface area contributed by atoms with Crippen LogP contribution in [0, 0.1) is 0 Å². The van der Waals surface area contributed by atoms with Gasteiger partial charge in [0.05, 0.1) is 16.1 Å². The minimum atomic E-state index is -3.47. The molecule has 2 rings (SSSR count). The molecule has 0 heterocycles. The second-order valence-electron chi connectivity index (χ2n) is 4.35. The predicted octanol–water partition coefficient (Wildman–Crippen LogP) is 3.87. The van der Waals surface area contributed by atoms with E-state index in [4.69, 9.17) is 0 Å². The van der Waals surface area contributed by atoms with Crippen LogP contribution in [-0.4, -0.2) is 20.6 Å². The maximum Gasteiger partial charge on any atom is 0.257 e. The fourth-order valence-corrected chi connectivity index (χ4v) is 3.79. The highest BCUT2D eigenvalue weighted by Crippen LogP contribution is 2.27. The van der Waals surface area contributed by atoms with Crippen molar-refractivity contribution in [2.45, 2.75) is 4.90 Å². The van der Waals surface area contributed by atoms with Crippen LogP contribution in [0.1, 0.15) is 10.4 Å². The second kappa shape index (κ2) is 6.29. The summed E-state index contributed by atoms with van der Waals surface area (Å²) in [6.07, 6.45) is 1.08. The molecule has 4 nitrogen and oxygen atoms in total. The van der Waals surface area contributed by atoms with Crippen LogP contribution >= 0.6 is 31.9 Å². The fraction of sp³-hybridized carbons (Fsp3) is 0.0714. The molecule has 110 valence electrons. The highest BCUT2D eigenvalue weighted by molar-refractivity contribution is 9.11. The summed E-state index contributed by atoms with van der Waals surface area (Å²) in [6, 6.07) is 11.4. The molecule has 0 atom stereocenters. The van der Waals surface area contributed by atoms with E-state index in [0.29, 0.717) is 10.2 Å². The van der Waals surface area contributed by atoms with Gasteiger partial charge in [-0.2, -0.15) is 0 Å². The summed E-state index contributed by atoms with van der Waals surface area (Å²) in [4.78, 5) is 12.3. The highest BCUT2D eigenvalue weighted by Gasteiger charge is 2.18. The number of amides is 1. The summed E-state index contributed by atoms with van der Waals surface area (Å²) in [5.74, 6) is -0.473. The summed E-state index contributed by atoms with van der Waals surface area (Å²) in [7, 11) is -3.47. The molecule has 0 aliphatic carbocycles. The van der Waals surface area contributed by atoms with Gasteiger partial charge in [0.15, 0.2) is 9.84 Å². The number of carbonyl (C=O) groups excluding carboxylic acids is 1. The Morgan fingerprint density at radius 2 is 1.76 bits per heavy atom. The molecular weight excluding hydrogens is 422 g/mol. The number of nitrogens with one attached hydrogen (secondary N) is 1. The van der Waals surface area contributed by atoms with Crippen LogP contribution in [0.5, 0.6) is 0 Å². The first-order chi connectivity index (χ1) is 9.79. The number of hydrogen-bond donors (Lipinski definition) is 1. The average molecular weight is 433 g/mol. The molecule has 0 spiro atoms. The number of halogens is 2. The number of rotatable bonds is 3. The Labute approximate surface area is 139 Å². The molecule has 0 aliphatic heterocycles. The van der Waals surface area contributed by atoms with Crippen molar-refractivity contribution in [2.24, 2.45) is 0 Å². The van der Waals surface area contributed by atoms with Gasteiger partial charge in [-0.15, -0.1) is 0 Å². The van der Waals surface area contributed by atoms with Crippen molar-refractivity contribution in [3.8, 4) is 0 Å². The molecule has 0 radical (unpaired) electrons. The van der Waals surface area contributed by atoms with Gasteiger partial charge < -0.3 is 5.32 Å². The van der Waals surface area contributed by atoms with Crippen LogP contribution in [0.4, 0.5) is 5.69 Å². The molecular formula is C14H11Br2NO3S. The zero-order valence-electron chi connectivity index (χ0n) is 10.9. The summed E-state index contributed by atoms with van der Waals surface area (Å²) < 4.78 is 25.0. The number of hydrogen-bond acceptors (Lipinski definition) is 3. The second-order valence-corrected chi connectivity index (χ2v) is 8.10. The smallest absolute Gasteiger partial charge is 0.257 e. The average Bonchev–Trinajstić information content (AvgIpc) is 2.41. The van der Waals surface area contributed by atoms with E-state index >= 15 is 0 Å². The monoisotopic (exact) mass is 431 g/mol. The van der Waals surface area contributed by atoms with Crippen molar-refractivity contribution in [1.82, 2.24) is 0 Å². The minimum Gasteiger partial charge on any atom is -0.321 e. The minimum absolute atomic E-state index is 0.00994. The van der Waals surface area contributed by atoms with Gasteiger partial charge in [-0.3, -0.25) is 4.79 Å². The van der Waals surface area contributed by atoms with Crippen molar-refractivity contribution in [2.75, 3.05) is 11.6 Å². The Morgan fingerprint density at radius 3 is 2.38 bits per heavy atom. The van der Waals surface area contributed by atoms with Gasteiger partial charge in [0.25, 0.3) is 5.91 Å². The van der Waals surface area contributed by atoms with Gasteiger partial charge in [-0.05, 0) is 46.3 Å². The Hall–Kier alpha value is -1.18. The fourth-order valence-electron chi connectivity index (χ4n) is 1.76. The van der Waals surface area contributed by atoms with E-state index < -0.39 is 15.7 Å². The van der Waals surface area contributed by atoms with Gasteiger partial charge in [-0.1, -0.05) is 28.1 Å². The van der Waals surface area contributed by atoms with Gasteiger partial charge in [0.2, 0.25) is 0 Å². The zero-order chi connectivity index (χ0) is 15.6. The molecule has 0 fully saturated rings. The first-order valence-corrected chi connectivity index (χ1v) is 9.32. The van der Waals surface area contributed by atoms with Crippen LogP contribution in [0.25, 0.3) is 0 Å². The molecule has 2 aromatic carbocycles. The Bertz CT molecular complexity index is 804. The standard InChI is InChI=1S/C14H11Br2NO3S/c1-21(19,20)13-5-3-2-4-10(13)14(18)17-12-7-6-9(15)8-11(12)16/h2-8H,1H3,(H,17,18). The molecule has 0 unspecified atom stereocenters. The molecule has 0 bridgehead atoms. The lowest BCUT2D eigenvalue weighted by atomic mass is 10.2. The lowest BCUT2D eigenvalue weighted by molar-refractivity contribution is 0.102. The van der Waals surface area contributed by atoms with Crippen LogP contribution in [-0.2, 0) is 9.84 Å². The predicted molar refractivity (Wildman–Crippen MR) is 89.3 cm³/mol. The summed E-state index contributed by atoms with van der Waals surface area (Å²) >= 11 is 6.67. The van der Waals surface area contributed by atoms with Crippen molar-refractivity contribution in [3.05, 3.63) is 57.0 Å². The lowest BCUT2D eigenvalue weighted by Gasteiger charge is -2.10. The summed E-state index contributed by atoms with van der Waals surface area (Å²) in [5, 5.41) is 2.70. The molecule has 1 N–H and O–H groups in total. The molecule has 21 heavy (non-hydrogen) atoms. The van der Waals surface area contributed by atoms with Gasteiger partial charge in [0, 0.05) is 15.2 Å². The molecule has 2 aromatic rings. The van der Waals surface area contributed by atoms with Crippen molar-refractivity contribution >= 4 is 53.3 Å². The third kappa shape index (κ3) is 3.93. The quantitative estimate of drug-likeness (QED) is 0.800. The molecule has 7 heteroatoms. The van der Waals surface area contributed by atoms with Crippen LogP contribution in [0.2, 0.25) is 0 Å². The normalized spacial score (nSPS) is 11.2. The first-order valence-electron chi connectivity index (χ1n) is 5.84.